The average Bonchev–Trinajstić information content (AvgIpc) is 0.813. The fourth-order valence-electron chi connectivity index (χ4n) is 12.1. The van der Waals surface area contributed by atoms with Gasteiger partial charge in [-0.15, -0.1) is 0 Å². The zero-order chi connectivity index (χ0) is 73.0. The van der Waals surface area contributed by atoms with Crippen molar-refractivity contribution in [3.05, 3.63) is 22.3 Å². The Hall–Kier alpha value is -6.77. The van der Waals surface area contributed by atoms with E-state index >= 15 is 28.8 Å². The number of aliphatic hydroxyl groups excluding tert-OH is 1. The number of allylic oxidation sites excluding steroid dienone is 2. The summed E-state index contributed by atoms with van der Waals surface area (Å²) in [7, 11) is 12.8. The molecule has 1 aliphatic heterocycles. The molecule has 0 saturated carbocycles. The molecule has 0 aromatic rings. The fraction of sp³-hybridized carbons (Fsp3) is 0.806. The number of rotatable bonds is 20. The first-order valence-electron chi connectivity index (χ1n) is 33.6. The minimum atomic E-state index is -1.73. The van der Waals surface area contributed by atoms with Gasteiger partial charge in [0.25, 0.3) is 0 Å². The van der Waals surface area contributed by atoms with Crippen molar-refractivity contribution in [3.63, 3.8) is 0 Å². The first-order valence-corrected chi connectivity index (χ1v) is 33.6. The van der Waals surface area contributed by atoms with Gasteiger partial charge in [-0.05, 0) is 108 Å². The van der Waals surface area contributed by atoms with Crippen LogP contribution in [0.15, 0.2) is 12.2 Å². The third kappa shape index (κ3) is 23.3. The van der Waals surface area contributed by atoms with Crippen LogP contribution in [0.3, 0.4) is 0 Å². The smallest absolute Gasteiger partial charge is 0.246 e. The van der Waals surface area contributed by atoms with E-state index in [-0.39, 0.29) is 56.4 Å². The lowest BCUT2D eigenvalue weighted by molar-refractivity contribution is -0.524. The number of hydrogen-bond donors (Lipinski definition) is 5. The monoisotopic (exact) mass is 1330 g/mol. The lowest BCUT2D eigenvalue weighted by Crippen LogP contribution is -2.64. The quantitative estimate of drug-likeness (QED) is 0.0664. The van der Waals surface area contributed by atoms with E-state index in [1.54, 1.807) is 93.5 Å². The minimum Gasteiger partial charge on any atom is -0.390 e. The number of nitro groups is 1. The molecular formula is C67H121N13O14. The average molecular weight is 1330 g/mol. The highest BCUT2D eigenvalue weighted by atomic mass is 16.6. The first kappa shape index (κ1) is 85.2. The molecule has 94 heavy (non-hydrogen) atoms. The normalized spacial score (nSPS) is 26.9. The molecule has 11 amide bonds. The molecular weight excluding hydrogens is 1210 g/mol. The molecule has 0 bridgehead atoms. The maximum Gasteiger partial charge on any atom is 0.246 e. The SMILES string of the molecule is CC=CC[C@@H](C)[C@@H](O)[C@H]1C(=O)N[C@@H](CC)C(=O)N(C)[C@H](CC(CN(C)C)[N+](=O)[O-])C(=O)N(C)[C@@H](C(C)CC)C(=O)N[C@@H](C(C)C)C(=O)N(C)[C@@H](CC(C)C)C(=O)N[C@@H](C)C(=O)N[C@H](C)C(=O)N(C)[C@@H](CC(C)C)C(=O)N(C)[C@@H](CC(C)C)C(=O)N(C)[C@@H](C(C)C)C(=O)N1C. The topological polar surface area (TPSA) is 325 Å². The van der Waals surface area contributed by atoms with E-state index in [4.69, 9.17) is 0 Å². The van der Waals surface area contributed by atoms with E-state index in [9.17, 15) is 39.2 Å². The summed E-state index contributed by atoms with van der Waals surface area (Å²) in [6, 6.07) is -16.4. The van der Waals surface area contributed by atoms with Gasteiger partial charge >= 0.3 is 0 Å². The van der Waals surface area contributed by atoms with Crippen molar-refractivity contribution in [2.45, 2.75) is 241 Å². The van der Waals surface area contributed by atoms with Gasteiger partial charge < -0.3 is 65.6 Å². The summed E-state index contributed by atoms with van der Waals surface area (Å²) < 4.78 is 0. The molecule has 15 atom stereocenters. The number of amides is 11. The summed E-state index contributed by atoms with van der Waals surface area (Å²) in [5.74, 6) is -11.6. The first-order chi connectivity index (χ1) is 43.4. The van der Waals surface area contributed by atoms with Crippen LogP contribution in [-0.4, -0.2) is 263 Å². The van der Waals surface area contributed by atoms with Gasteiger partial charge in [0.2, 0.25) is 71.0 Å². The van der Waals surface area contributed by atoms with Crippen molar-refractivity contribution in [3.8, 4) is 0 Å². The number of likely N-dealkylation sites (N-methyl/N-ethyl adjacent to an activating group) is 8. The largest absolute Gasteiger partial charge is 0.390 e. The van der Waals surface area contributed by atoms with Gasteiger partial charge in [0.15, 0.2) is 0 Å². The van der Waals surface area contributed by atoms with Crippen LogP contribution in [0.5, 0.6) is 0 Å². The standard InChI is InChI=1S/C67H121N13O14/c1-27-30-31-43(15)56(81)55-60(85)70-47(29-3)62(87)75(22)51(35-46(80(93)94)36-72(18)19)65(90)78(25)54(42(14)28-2)59(84)71-52(40(10)11)66(91)73(20)48(32-37(4)5)58(83)68-44(16)57(82)69-45(17)61(86)74(21)49(33-38(6)7)63(88)76(23)50(34-39(8)9)64(89)77(24)53(41(12)13)67(92)79(55)26/h27,30,37-56,81H,28-29,31-36H2,1-26H3,(H,68,83)(H,69,82)(H,70,85)(H,71,84)/t42?,43-,44+,45-,46?,47+,48+,49+,50+,51-,52+,53+,54+,55+,56-/m1/s1. The molecule has 0 spiro atoms. The number of carbonyl (C=O) groups excluding carboxylic acids is 11. The van der Waals surface area contributed by atoms with Gasteiger partial charge in [-0.1, -0.05) is 116 Å². The summed E-state index contributed by atoms with van der Waals surface area (Å²) in [4.78, 5) is 186. The van der Waals surface area contributed by atoms with Crippen LogP contribution in [0.2, 0.25) is 0 Å². The zero-order valence-electron chi connectivity index (χ0n) is 61.6. The molecule has 5 N–H and O–H groups in total. The van der Waals surface area contributed by atoms with Crippen LogP contribution >= 0.6 is 0 Å². The third-order valence-corrected chi connectivity index (χ3v) is 18.2. The second-order valence-corrected chi connectivity index (χ2v) is 28.4. The molecule has 1 heterocycles. The second kappa shape index (κ2) is 38.7. The maximum absolute atomic E-state index is 15.4. The van der Waals surface area contributed by atoms with Crippen LogP contribution in [0.4, 0.5) is 0 Å². The maximum atomic E-state index is 15.4. The molecule has 27 heteroatoms. The van der Waals surface area contributed by atoms with Crippen molar-refractivity contribution < 1.29 is 62.8 Å². The number of aliphatic hydroxyl groups is 1. The van der Waals surface area contributed by atoms with E-state index < -0.39 is 179 Å². The number of hydrogen-bond acceptors (Lipinski definition) is 15. The number of nitrogens with one attached hydrogen (secondary N) is 4. The Kier molecular flexibility index (Phi) is 35.1. The van der Waals surface area contributed by atoms with Crippen LogP contribution < -0.4 is 21.3 Å². The van der Waals surface area contributed by atoms with E-state index in [0.29, 0.717) is 6.42 Å². The molecule has 2 unspecified atom stereocenters. The second-order valence-electron chi connectivity index (χ2n) is 28.4. The predicted octanol–water partition coefficient (Wildman–Crippen LogP) is 3.23. The fourth-order valence-corrected chi connectivity index (χ4v) is 12.1. The summed E-state index contributed by atoms with van der Waals surface area (Å²) in [5, 5.41) is 36.1. The lowest BCUT2D eigenvalue weighted by Gasteiger charge is -2.41. The Morgan fingerprint density at radius 2 is 0.915 bits per heavy atom. The lowest BCUT2D eigenvalue weighted by atomic mass is 9.91. The van der Waals surface area contributed by atoms with Crippen LogP contribution in [0.25, 0.3) is 0 Å². The molecule has 0 aliphatic carbocycles. The third-order valence-electron chi connectivity index (χ3n) is 18.2. The van der Waals surface area contributed by atoms with Crippen molar-refractivity contribution in [2.75, 3.05) is 70.0 Å². The zero-order valence-corrected chi connectivity index (χ0v) is 61.6. The summed E-state index contributed by atoms with van der Waals surface area (Å²) in [6.07, 6.45) is 2.13. The summed E-state index contributed by atoms with van der Waals surface area (Å²) in [5.41, 5.74) is 0. The molecule has 1 saturated heterocycles. The Balaban J connectivity index is 4.64. The van der Waals surface area contributed by atoms with E-state index in [2.05, 4.69) is 21.3 Å². The Labute approximate surface area is 561 Å². The number of carbonyl (C=O) groups is 11. The van der Waals surface area contributed by atoms with Crippen molar-refractivity contribution >= 4 is 65.0 Å². The van der Waals surface area contributed by atoms with Crippen LogP contribution in [0, 0.1) is 51.5 Å². The van der Waals surface area contributed by atoms with Gasteiger partial charge in [0.1, 0.15) is 66.5 Å². The van der Waals surface area contributed by atoms with E-state index in [1.165, 1.54) is 82.8 Å². The van der Waals surface area contributed by atoms with Crippen molar-refractivity contribution in [1.29, 1.82) is 0 Å². The molecule has 27 nitrogen and oxygen atoms in total. The number of nitrogens with zero attached hydrogens (tertiary/aromatic N) is 9. The van der Waals surface area contributed by atoms with Gasteiger partial charge in [-0.3, -0.25) is 62.9 Å². The van der Waals surface area contributed by atoms with E-state index in [0.717, 1.165) is 14.7 Å². The Bertz CT molecular complexity index is 2620. The highest BCUT2D eigenvalue weighted by Gasteiger charge is 2.47. The van der Waals surface area contributed by atoms with Crippen LogP contribution in [-0.2, 0) is 52.7 Å². The molecule has 0 radical (unpaired) electrons. The van der Waals surface area contributed by atoms with Gasteiger partial charge in [-0.2, -0.15) is 0 Å². The summed E-state index contributed by atoms with van der Waals surface area (Å²) >= 11 is 0. The van der Waals surface area contributed by atoms with Gasteiger partial charge in [-0.25, -0.2) is 0 Å². The minimum absolute atomic E-state index is 0.105. The molecule has 0 aromatic heterocycles. The highest BCUT2D eigenvalue weighted by molar-refractivity contribution is 6.00. The summed E-state index contributed by atoms with van der Waals surface area (Å²) in [6.45, 7) is 29.0. The molecule has 1 fully saturated rings. The molecule has 1 aliphatic rings. The van der Waals surface area contributed by atoms with Crippen molar-refractivity contribution in [1.82, 2.24) is 60.5 Å². The Morgan fingerprint density at radius 1 is 0.500 bits per heavy atom. The van der Waals surface area contributed by atoms with Gasteiger partial charge in [0, 0.05) is 60.7 Å². The van der Waals surface area contributed by atoms with Crippen molar-refractivity contribution in [2.24, 2.45) is 41.4 Å². The molecule has 538 valence electrons. The molecule has 0 aromatic carbocycles. The predicted molar refractivity (Wildman–Crippen MR) is 361 cm³/mol. The molecule has 1 rings (SSSR count). The van der Waals surface area contributed by atoms with Crippen LogP contribution in [0.1, 0.15) is 163 Å². The highest BCUT2D eigenvalue weighted by Crippen LogP contribution is 2.27. The van der Waals surface area contributed by atoms with E-state index in [1.807, 2.05) is 41.5 Å². The Morgan fingerprint density at radius 3 is 1.35 bits per heavy atom. The van der Waals surface area contributed by atoms with Gasteiger partial charge in [0.05, 0.1) is 12.6 Å².